The summed E-state index contributed by atoms with van der Waals surface area (Å²) in [6.45, 7) is 4.14. The molecule has 0 radical (unpaired) electrons. The van der Waals surface area contributed by atoms with E-state index in [1.54, 1.807) is 10.8 Å². The van der Waals surface area contributed by atoms with Gasteiger partial charge in [0.1, 0.15) is 6.61 Å². The van der Waals surface area contributed by atoms with Crippen LogP contribution in [0.5, 0.6) is 0 Å². The summed E-state index contributed by atoms with van der Waals surface area (Å²) in [6.07, 6.45) is 6.93. The number of rotatable bonds is 5. The Morgan fingerprint density at radius 2 is 1.95 bits per heavy atom. The fourth-order valence-corrected chi connectivity index (χ4v) is 2.11. The van der Waals surface area contributed by atoms with Crippen LogP contribution >= 0.6 is 0 Å². The van der Waals surface area contributed by atoms with Crippen LogP contribution in [0.2, 0.25) is 0 Å². The van der Waals surface area contributed by atoms with Crippen LogP contribution in [0.25, 0.3) is 12.2 Å². The summed E-state index contributed by atoms with van der Waals surface area (Å²) < 4.78 is 6.93. The van der Waals surface area contributed by atoms with E-state index in [4.69, 9.17) is 4.74 Å². The molecule has 4 heteroatoms. The van der Waals surface area contributed by atoms with Gasteiger partial charge in [0.2, 0.25) is 0 Å². The van der Waals surface area contributed by atoms with Crippen molar-refractivity contribution in [3.8, 4) is 0 Å². The van der Waals surface area contributed by atoms with Crippen LogP contribution in [-0.4, -0.2) is 22.4 Å². The van der Waals surface area contributed by atoms with E-state index in [1.807, 2.05) is 63.4 Å². The lowest BCUT2D eigenvalue weighted by Crippen LogP contribution is -2.00. The largest absolute Gasteiger partial charge is 0.458 e. The van der Waals surface area contributed by atoms with Gasteiger partial charge in [-0.3, -0.25) is 4.68 Å². The van der Waals surface area contributed by atoms with E-state index in [9.17, 15) is 4.79 Å². The molecule has 1 heterocycles. The number of nitrogens with zero attached hydrogens (tertiary/aromatic N) is 2. The molecule has 0 atom stereocenters. The average molecular weight is 296 g/mol. The van der Waals surface area contributed by atoms with Gasteiger partial charge in [0.05, 0.1) is 5.69 Å². The number of hydrogen-bond donors (Lipinski definition) is 0. The molecule has 1 aromatic carbocycles. The molecule has 2 aromatic rings. The Hall–Kier alpha value is -2.62. The standard InChI is InChI=1S/C18H20N2O2/c1-14-17(15(2)20(3)19-14)11-12-18(21)22-13-7-10-16-8-5-4-6-9-16/h4-12H,13H2,1-3H3/b10-7-,12-11+. The fraction of sp³-hybridized carbons (Fsp3) is 0.222. The lowest BCUT2D eigenvalue weighted by atomic mass is 10.2. The molecule has 4 nitrogen and oxygen atoms in total. The zero-order chi connectivity index (χ0) is 15.9. The Bertz CT molecular complexity index is 697. The Labute approximate surface area is 130 Å². The minimum Gasteiger partial charge on any atom is -0.458 e. The number of carbonyl (C=O) groups is 1. The maximum atomic E-state index is 11.7. The van der Waals surface area contributed by atoms with E-state index in [-0.39, 0.29) is 12.6 Å². The van der Waals surface area contributed by atoms with Crippen molar-refractivity contribution in [1.29, 1.82) is 0 Å². The highest BCUT2D eigenvalue weighted by Crippen LogP contribution is 2.13. The van der Waals surface area contributed by atoms with Crippen molar-refractivity contribution >= 4 is 18.1 Å². The molecule has 114 valence electrons. The number of hydrogen-bond acceptors (Lipinski definition) is 3. The lowest BCUT2D eigenvalue weighted by molar-refractivity contribution is -0.136. The summed E-state index contributed by atoms with van der Waals surface area (Å²) in [6, 6.07) is 9.88. The van der Waals surface area contributed by atoms with E-state index in [0.29, 0.717) is 0 Å². The molecule has 2 rings (SSSR count). The molecule has 0 saturated carbocycles. The first-order valence-corrected chi connectivity index (χ1v) is 7.14. The van der Waals surface area contributed by atoms with Crippen LogP contribution in [0.4, 0.5) is 0 Å². The van der Waals surface area contributed by atoms with Gasteiger partial charge < -0.3 is 4.74 Å². The zero-order valence-corrected chi connectivity index (χ0v) is 13.1. The summed E-state index contributed by atoms with van der Waals surface area (Å²) >= 11 is 0. The van der Waals surface area contributed by atoms with E-state index in [2.05, 4.69) is 5.10 Å². The number of benzene rings is 1. The molecule has 0 bridgehead atoms. The first-order valence-electron chi connectivity index (χ1n) is 7.14. The minimum atomic E-state index is -0.361. The molecule has 0 spiro atoms. The monoisotopic (exact) mass is 296 g/mol. The van der Waals surface area contributed by atoms with Gasteiger partial charge in [-0.2, -0.15) is 5.10 Å². The number of ether oxygens (including phenoxy) is 1. The normalized spacial score (nSPS) is 11.4. The third kappa shape index (κ3) is 4.19. The van der Waals surface area contributed by atoms with Crippen LogP contribution < -0.4 is 0 Å². The average Bonchev–Trinajstić information content (AvgIpc) is 2.76. The third-order valence-electron chi connectivity index (χ3n) is 3.38. The van der Waals surface area contributed by atoms with Crippen molar-refractivity contribution in [3.63, 3.8) is 0 Å². The SMILES string of the molecule is Cc1nn(C)c(C)c1/C=C/C(=O)OC/C=C\c1ccccc1. The van der Waals surface area contributed by atoms with Crippen LogP contribution in [0, 0.1) is 13.8 Å². The summed E-state index contributed by atoms with van der Waals surface area (Å²) in [5.74, 6) is -0.361. The van der Waals surface area contributed by atoms with Gasteiger partial charge >= 0.3 is 5.97 Å². The van der Waals surface area contributed by atoms with Crippen molar-refractivity contribution in [2.24, 2.45) is 7.05 Å². The van der Waals surface area contributed by atoms with E-state index in [0.717, 1.165) is 22.5 Å². The molecule has 0 N–H and O–H groups in total. The Morgan fingerprint density at radius 1 is 1.23 bits per heavy atom. The molecular weight excluding hydrogens is 276 g/mol. The number of esters is 1. The van der Waals surface area contributed by atoms with Gasteiger partial charge in [-0.25, -0.2) is 4.79 Å². The van der Waals surface area contributed by atoms with Gasteiger partial charge in [-0.15, -0.1) is 0 Å². The third-order valence-corrected chi connectivity index (χ3v) is 3.38. The highest BCUT2D eigenvalue weighted by atomic mass is 16.5. The van der Waals surface area contributed by atoms with Gasteiger partial charge in [-0.05, 0) is 31.6 Å². The van der Waals surface area contributed by atoms with Gasteiger partial charge in [0.25, 0.3) is 0 Å². The van der Waals surface area contributed by atoms with Gasteiger partial charge in [0, 0.05) is 24.4 Å². The second-order valence-corrected chi connectivity index (χ2v) is 4.98. The summed E-state index contributed by atoms with van der Waals surface area (Å²) in [4.78, 5) is 11.7. The second kappa shape index (κ2) is 7.41. The molecule has 0 unspecified atom stereocenters. The summed E-state index contributed by atoms with van der Waals surface area (Å²) in [5, 5.41) is 4.30. The first kappa shape index (κ1) is 15.8. The molecular formula is C18H20N2O2. The van der Waals surface area contributed by atoms with Gasteiger partial charge in [0.15, 0.2) is 0 Å². The van der Waals surface area contributed by atoms with Crippen molar-refractivity contribution in [2.45, 2.75) is 13.8 Å². The van der Waals surface area contributed by atoms with E-state index < -0.39 is 0 Å². The van der Waals surface area contributed by atoms with Crippen LogP contribution in [0.15, 0.2) is 42.5 Å². The topological polar surface area (TPSA) is 44.1 Å². The number of aryl methyl sites for hydroxylation is 2. The van der Waals surface area contributed by atoms with E-state index >= 15 is 0 Å². The van der Waals surface area contributed by atoms with Crippen LogP contribution in [0.3, 0.4) is 0 Å². The maximum absolute atomic E-state index is 11.7. The van der Waals surface area contributed by atoms with Gasteiger partial charge in [-0.1, -0.05) is 36.4 Å². The summed E-state index contributed by atoms with van der Waals surface area (Å²) in [5.41, 5.74) is 3.95. The highest BCUT2D eigenvalue weighted by Gasteiger charge is 2.06. The lowest BCUT2D eigenvalue weighted by Gasteiger charge is -1.98. The molecule has 0 fully saturated rings. The fourth-order valence-electron chi connectivity index (χ4n) is 2.11. The first-order chi connectivity index (χ1) is 10.6. The van der Waals surface area contributed by atoms with Crippen molar-refractivity contribution in [1.82, 2.24) is 9.78 Å². The summed E-state index contributed by atoms with van der Waals surface area (Å²) in [7, 11) is 1.88. The quantitative estimate of drug-likeness (QED) is 0.628. The molecule has 0 aliphatic rings. The van der Waals surface area contributed by atoms with E-state index in [1.165, 1.54) is 6.08 Å². The van der Waals surface area contributed by atoms with Crippen LogP contribution in [-0.2, 0) is 16.6 Å². The van der Waals surface area contributed by atoms with Crippen LogP contribution in [0.1, 0.15) is 22.5 Å². The molecule has 22 heavy (non-hydrogen) atoms. The predicted octanol–water partition coefficient (Wildman–Crippen LogP) is 3.31. The second-order valence-electron chi connectivity index (χ2n) is 4.98. The molecule has 0 saturated heterocycles. The maximum Gasteiger partial charge on any atom is 0.331 e. The molecule has 0 amide bonds. The predicted molar refractivity (Wildman–Crippen MR) is 88.2 cm³/mol. The zero-order valence-electron chi connectivity index (χ0n) is 13.1. The van der Waals surface area contributed by atoms with Crippen molar-refractivity contribution in [2.75, 3.05) is 6.61 Å². The number of aromatic nitrogens is 2. The molecule has 0 aliphatic heterocycles. The Kier molecular flexibility index (Phi) is 5.31. The molecule has 1 aromatic heterocycles. The smallest absolute Gasteiger partial charge is 0.331 e. The highest BCUT2D eigenvalue weighted by molar-refractivity contribution is 5.87. The minimum absolute atomic E-state index is 0.253. The number of carbonyl (C=O) groups excluding carboxylic acids is 1. The molecule has 0 aliphatic carbocycles. The van der Waals surface area contributed by atoms with Crippen molar-refractivity contribution in [3.05, 3.63) is 65.0 Å². The Morgan fingerprint density at radius 3 is 2.59 bits per heavy atom. The van der Waals surface area contributed by atoms with Crippen molar-refractivity contribution < 1.29 is 9.53 Å². The Balaban J connectivity index is 1.85.